The molecule has 0 aliphatic heterocycles. The molecular formula is C7H4N2O6. The molecule has 0 radical (unpaired) electrons. The van der Waals surface area contributed by atoms with Gasteiger partial charge in [0.1, 0.15) is 11.3 Å². The molecule has 8 nitrogen and oxygen atoms in total. The number of nitro groups is 2. The van der Waals surface area contributed by atoms with Crippen LogP contribution in [-0.4, -0.2) is 21.2 Å². The molecule has 0 atom stereocenters. The van der Waals surface area contributed by atoms with Crippen LogP contribution < -0.4 is 0 Å². The van der Waals surface area contributed by atoms with Crippen molar-refractivity contribution in [3.8, 4) is 5.75 Å². The van der Waals surface area contributed by atoms with Gasteiger partial charge in [0.25, 0.3) is 0 Å². The van der Waals surface area contributed by atoms with E-state index in [0.717, 1.165) is 12.1 Å². The monoisotopic (exact) mass is 212 g/mol. The first-order valence-corrected chi connectivity index (χ1v) is 3.59. The third-order valence-electron chi connectivity index (χ3n) is 1.67. The summed E-state index contributed by atoms with van der Waals surface area (Å²) in [6, 6.07) is 1.62. The fraction of sp³-hybridized carbons (Fsp3) is 0. The molecule has 0 saturated carbocycles. The second-order valence-electron chi connectivity index (χ2n) is 2.50. The summed E-state index contributed by atoms with van der Waals surface area (Å²) in [5.74, 6) is -0.665. The number of nitrogens with zero attached hydrogens (tertiary/aromatic N) is 2. The van der Waals surface area contributed by atoms with Crippen LogP contribution >= 0.6 is 0 Å². The molecule has 0 spiro atoms. The van der Waals surface area contributed by atoms with Gasteiger partial charge in [-0.25, -0.2) is 0 Å². The Kier molecular flexibility index (Phi) is 2.61. The SMILES string of the molecule is O=Cc1c(O)ccc([N+](=O)[O-])c1[N+](=O)[O-]. The van der Waals surface area contributed by atoms with E-state index in [1.165, 1.54) is 0 Å². The first-order chi connectivity index (χ1) is 6.99. The number of carbonyl (C=O) groups excluding carboxylic acids is 1. The standard InChI is InChI=1S/C7H4N2O6/c10-3-4-6(11)2-1-5(8(12)13)7(4)9(14)15/h1-3,11H. The molecule has 78 valence electrons. The Bertz CT molecular complexity index is 455. The molecule has 1 N–H and O–H groups in total. The quantitative estimate of drug-likeness (QED) is 0.453. The maximum atomic E-state index is 10.5. The van der Waals surface area contributed by atoms with Gasteiger partial charge in [0, 0.05) is 6.07 Å². The summed E-state index contributed by atoms with van der Waals surface area (Å²) in [5.41, 5.74) is -2.54. The smallest absolute Gasteiger partial charge is 0.360 e. The van der Waals surface area contributed by atoms with Crippen LogP contribution in [0.1, 0.15) is 10.4 Å². The van der Waals surface area contributed by atoms with Crippen molar-refractivity contribution in [2.45, 2.75) is 0 Å². The van der Waals surface area contributed by atoms with Crippen molar-refractivity contribution in [3.05, 3.63) is 37.9 Å². The third kappa shape index (κ3) is 1.73. The Hall–Kier alpha value is -2.51. The van der Waals surface area contributed by atoms with Gasteiger partial charge in [-0.1, -0.05) is 0 Å². The van der Waals surface area contributed by atoms with Crippen LogP contribution in [-0.2, 0) is 0 Å². The molecule has 0 aromatic heterocycles. The molecule has 0 aliphatic rings. The molecular weight excluding hydrogens is 208 g/mol. The van der Waals surface area contributed by atoms with Crippen molar-refractivity contribution in [3.63, 3.8) is 0 Å². The molecule has 0 heterocycles. The normalized spacial score (nSPS) is 9.60. The lowest BCUT2D eigenvalue weighted by atomic mass is 10.1. The van der Waals surface area contributed by atoms with E-state index in [1.54, 1.807) is 0 Å². The summed E-state index contributed by atoms with van der Waals surface area (Å²) in [7, 11) is 0. The van der Waals surface area contributed by atoms with E-state index in [9.17, 15) is 25.0 Å². The van der Waals surface area contributed by atoms with E-state index in [4.69, 9.17) is 5.11 Å². The number of phenols is 1. The van der Waals surface area contributed by atoms with Crippen LogP contribution in [0.15, 0.2) is 12.1 Å². The van der Waals surface area contributed by atoms with E-state index >= 15 is 0 Å². The number of nitro benzene ring substituents is 2. The lowest BCUT2D eigenvalue weighted by Crippen LogP contribution is -2.00. The van der Waals surface area contributed by atoms with Crippen LogP contribution in [0, 0.1) is 20.2 Å². The van der Waals surface area contributed by atoms with E-state index in [2.05, 4.69) is 0 Å². The number of hydrogen-bond donors (Lipinski definition) is 1. The minimum atomic E-state index is -1.08. The largest absolute Gasteiger partial charge is 0.507 e. The zero-order chi connectivity index (χ0) is 11.6. The average molecular weight is 212 g/mol. The summed E-state index contributed by atoms with van der Waals surface area (Å²) in [6.45, 7) is 0. The van der Waals surface area contributed by atoms with Gasteiger partial charge in [-0.05, 0) is 6.07 Å². The Morgan fingerprint density at radius 3 is 2.20 bits per heavy atom. The topological polar surface area (TPSA) is 124 Å². The number of rotatable bonds is 3. The highest BCUT2D eigenvalue weighted by Gasteiger charge is 2.30. The molecule has 15 heavy (non-hydrogen) atoms. The van der Waals surface area contributed by atoms with E-state index in [0.29, 0.717) is 0 Å². The number of phenolic OH excluding ortho intramolecular Hbond substituents is 1. The van der Waals surface area contributed by atoms with E-state index < -0.39 is 32.5 Å². The molecule has 1 rings (SSSR count). The van der Waals surface area contributed by atoms with Gasteiger partial charge in [-0.15, -0.1) is 0 Å². The lowest BCUT2D eigenvalue weighted by Gasteiger charge is -1.99. The summed E-state index contributed by atoms with van der Waals surface area (Å²) in [6.07, 6.45) is 0.000463. The lowest BCUT2D eigenvalue weighted by molar-refractivity contribution is -0.422. The summed E-state index contributed by atoms with van der Waals surface area (Å²) >= 11 is 0. The molecule has 0 unspecified atom stereocenters. The van der Waals surface area contributed by atoms with Crippen molar-refractivity contribution < 1.29 is 19.7 Å². The van der Waals surface area contributed by atoms with Crippen molar-refractivity contribution in [2.75, 3.05) is 0 Å². The molecule has 8 heteroatoms. The second kappa shape index (κ2) is 3.70. The van der Waals surface area contributed by atoms with E-state index in [1.807, 2.05) is 0 Å². The Balaban J connectivity index is 3.63. The van der Waals surface area contributed by atoms with Crippen molar-refractivity contribution in [1.82, 2.24) is 0 Å². The highest BCUT2D eigenvalue weighted by Crippen LogP contribution is 2.34. The summed E-state index contributed by atoms with van der Waals surface area (Å²) in [4.78, 5) is 29.3. The minimum absolute atomic E-state index is 0.000463. The van der Waals surface area contributed by atoms with Gasteiger partial charge in [0.2, 0.25) is 0 Å². The zero-order valence-electron chi connectivity index (χ0n) is 7.11. The number of hydrogen-bond acceptors (Lipinski definition) is 6. The predicted molar refractivity (Wildman–Crippen MR) is 46.8 cm³/mol. The molecule has 0 saturated heterocycles. The zero-order valence-corrected chi connectivity index (χ0v) is 7.11. The first kappa shape index (κ1) is 10.6. The fourth-order valence-corrected chi connectivity index (χ4v) is 1.04. The van der Waals surface area contributed by atoms with Gasteiger partial charge in [0.15, 0.2) is 6.29 Å². The summed E-state index contributed by atoms with van der Waals surface area (Å²) < 4.78 is 0. The number of carbonyl (C=O) groups is 1. The van der Waals surface area contributed by atoms with Crippen LogP contribution in [0.3, 0.4) is 0 Å². The third-order valence-corrected chi connectivity index (χ3v) is 1.67. The highest BCUT2D eigenvalue weighted by molar-refractivity contribution is 5.88. The molecule has 0 bridgehead atoms. The Morgan fingerprint density at radius 2 is 1.80 bits per heavy atom. The second-order valence-corrected chi connectivity index (χ2v) is 2.50. The molecule has 0 aliphatic carbocycles. The van der Waals surface area contributed by atoms with Crippen LogP contribution in [0.25, 0.3) is 0 Å². The number of benzene rings is 1. The van der Waals surface area contributed by atoms with Crippen LogP contribution in [0.2, 0.25) is 0 Å². The van der Waals surface area contributed by atoms with Crippen molar-refractivity contribution in [1.29, 1.82) is 0 Å². The van der Waals surface area contributed by atoms with Gasteiger partial charge < -0.3 is 5.11 Å². The molecule has 1 aromatic carbocycles. The number of aldehydes is 1. The van der Waals surface area contributed by atoms with E-state index in [-0.39, 0.29) is 6.29 Å². The maximum absolute atomic E-state index is 10.5. The van der Waals surface area contributed by atoms with Gasteiger partial charge in [-0.3, -0.25) is 25.0 Å². The van der Waals surface area contributed by atoms with Crippen molar-refractivity contribution >= 4 is 17.7 Å². The predicted octanol–water partition coefficient (Wildman–Crippen LogP) is 1.02. The Morgan fingerprint density at radius 1 is 1.20 bits per heavy atom. The van der Waals surface area contributed by atoms with Crippen LogP contribution in [0.4, 0.5) is 11.4 Å². The maximum Gasteiger partial charge on any atom is 0.360 e. The van der Waals surface area contributed by atoms with Gasteiger partial charge in [0.05, 0.1) is 9.85 Å². The minimum Gasteiger partial charge on any atom is -0.507 e. The molecule has 1 aromatic rings. The van der Waals surface area contributed by atoms with Crippen LogP contribution in [0.5, 0.6) is 5.75 Å². The molecule has 0 fully saturated rings. The summed E-state index contributed by atoms with van der Waals surface area (Å²) in [5, 5.41) is 30.0. The molecule has 0 amide bonds. The Labute approximate surface area is 82.1 Å². The van der Waals surface area contributed by atoms with Gasteiger partial charge >= 0.3 is 11.4 Å². The highest BCUT2D eigenvalue weighted by atomic mass is 16.6. The van der Waals surface area contributed by atoms with Crippen molar-refractivity contribution in [2.24, 2.45) is 0 Å². The fourth-order valence-electron chi connectivity index (χ4n) is 1.04. The number of aromatic hydroxyl groups is 1. The first-order valence-electron chi connectivity index (χ1n) is 3.59. The van der Waals surface area contributed by atoms with Gasteiger partial charge in [-0.2, -0.15) is 0 Å². The average Bonchev–Trinajstić information content (AvgIpc) is 2.16.